The molecule has 0 aromatic heterocycles. The molecule has 2 aliphatic rings. The summed E-state index contributed by atoms with van der Waals surface area (Å²) in [4.78, 5) is 14.3. The van der Waals surface area contributed by atoms with Crippen molar-refractivity contribution < 1.29 is 22.7 Å². The van der Waals surface area contributed by atoms with Crippen LogP contribution >= 0.6 is 0 Å². The van der Waals surface area contributed by atoms with E-state index < -0.39 is 10.0 Å². The van der Waals surface area contributed by atoms with E-state index in [0.717, 1.165) is 25.9 Å². The number of ether oxygens (including phenoxy) is 2. The van der Waals surface area contributed by atoms with E-state index in [1.165, 1.54) is 10.6 Å². The number of rotatable bonds is 6. The van der Waals surface area contributed by atoms with Crippen LogP contribution in [0.3, 0.4) is 0 Å². The van der Waals surface area contributed by atoms with Gasteiger partial charge < -0.3 is 14.4 Å². The fraction of sp³-hybridized carbons (Fsp3) is 0.632. The van der Waals surface area contributed by atoms with Crippen LogP contribution in [0.15, 0.2) is 18.2 Å². The monoisotopic (exact) mass is 396 g/mol. The van der Waals surface area contributed by atoms with Gasteiger partial charge in [0.05, 0.1) is 11.9 Å². The van der Waals surface area contributed by atoms with E-state index in [9.17, 15) is 13.2 Å². The summed E-state index contributed by atoms with van der Waals surface area (Å²) in [5.41, 5.74) is 0.529. The first-order valence-electron chi connectivity index (χ1n) is 9.50. The van der Waals surface area contributed by atoms with Crippen molar-refractivity contribution in [2.45, 2.75) is 32.6 Å². The van der Waals surface area contributed by atoms with Gasteiger partial charge in [-0.25, -0.2) is 8.42 Å². The second kappa shape index (κ2) is 8.37. The Labute approximate surface area is 161 Å². The standard InChI is InChI=1S/C19H28N2O5S/c1-15-7-10-20(11-8-15)19(22)4-3-9-21(27(2,23)24)16-5-6-17-18(14-16)26-13-12-25-17/h5-6,14-15H,3-4,7-13H2,1-2H3. The summed E-state index contributed by atoms with van der Waals surface area (Å²) in [5, 5.41) is 0. The third-order valence-electron chi connectivity index (χ3n) is 5.10. The predicted octanol–water partition coefficient (Wildman–Crippen LogP) is 2.26. The van der Waals surface area contributed by atoms with Crippen LogP contribution in [0.4, 0.5) is 5.69 Å². The third kappa shape index (κ3) is 5.06. The first kappa shape index (κ1) is 19.8. The second-order valence-electron chi connectivity index (χ2n) is 7.33. The number of likely N-dealkylation sites (tertiary alicyclic amines) is 1. The molecule has 2 aliphatic heterocycles. The molecule has 8 heteroatoms. The molecule has 1 saturated heterocycles. The van der Waals surface area contributed by atoms with E-state index >= 15 is 0 Å². The Balaban J connectivity index is 1.62. The second-order valence-corrected chi connectivity index (χ2v) is 9.24. The highest BCUT2D eigenvalue weighted by molar-refractivity contribution is 7.92. The normalized spacial score (nSPS) is 17.6. The van der Waals surface area contributed by atoms with Crippen LogP contribution in [0.5, 0.6) is 11.5 Å². The van der Waals surface area contributed by atoms with Gasteiger partial charge in [-0.15, -0.1) is 0 Å². The lowest BCUT2D eigenvalue weighted by Gasteiger charge is -2.30. The quantitative estimate of drug-likeness (QED) is 0.737. The Morgan fingerprint density at radius 1 is 1.19 bits per heavy atom. The highest BCUT2D eigenvalue weighted by Crippen LogP contribution is 2.34. The van der Waals surface area contributed by atoms with Gasteiger partial charge in [0.1, 0.15) is 13.2 Å². The molecule has 3 rings (SSSR count). The van der Waals surface area contributed by atoms with Gasteiger partial charge >= 0.3 is 0 Å². The van der Waals surface area contributed by atoms with Crippen LogP contribution in [0.25, 0.3) is 0 Å². The van der Waals surface area contributed by atoms with E-state index in [1.54, 1.807) is 18.2 Å². The molecule has 150 valence electrons. The summed E-state index contributed by atoms with van der Waals surface area (Å²) in [5.74, 6) is 1.95. The van der Waals surface area contributed by atoms with Gasteiger partial charge in [0.2, 0.25) is 15.9 Å². The van der Waals surface area contributed by atoms with E-state index in [1.807, 2.05) is 4.90 Å². The van der Waals surface area contributed by atoms with Crippen molar-refractivity contribution >= 4 is 21.6 Å². The maximum Gasteiger partial charge on any atom is 0.232 e. The van der Waals surface area contributed by atoms with Crippen molar-refractivity contribution in [3.63, 3.8) is 0 Å². The highest BCUT2D eigenvalue weighted by atomic mass is 32.2. The molecule has 0 aliphatic carbocycles. The molecule has 0 saturated carbocycles. The first-order valence-corrected chi connectivity index (χ1v) is 11.3. The highest BCUT2D eigenvalue weighted by Gasteiger charge is 2.23. The van der Waals surface area contributed by atoms with Gasteiger partial charge in [-0.1, -0.05) is 6.92 Å². The average molecular weight is 397 g/mol. The molecular formula is C19H28N2O5S. The number of fused-ring (bicyclic) bond motifs is 1. The Bertz CT molecular complexity index is 772. The van der Waals surface area contributed by atoms with E-state index in [0.29, 0.717) is 49.2 Å². The average Bonchev–Trinajstić information content (AvgIpc) is 2.64. The fourth-order valence-electron chi connectivity index (χ4n) is 3.46. The molecule has 0 N–H and O–H groups in total. The van der Waals surface area contributed by atoms with Crippen molar-refractivity contribution in [3.05, 3.63) is 18.2 Å². The minimum absolute atomic E-state index is 0.109. The molecule has 0 unspecified atom stereocenters. The predicted molar refractivity (Wildman–Crippen MR) is 104 cm³/mol. The third-order valence-corrected chi connectivity index (χ3v) is 6.30. The number of amides is 1. The molecule has 0 spiro atoms. The molecule has 1 aromatic rings. The Morgan fingerprint density at radius 2 is 1.85 bits per heavy atom. The number of hydrogen-bond acceptors (Lipinski definition) is 5. The summed E-state index contributed by atoms with van der Waals surface area (Å²) in [7, 11) is -3.46. The summed E-state index contributed by atoms with van der Waals surface area (Å²) in [6.45, 7) is 5.00. The van der Waals surface area contributed by atoms with Gasteiger partial charge in [-0.3, -0.25) is 9.10 Å². The topological polar surface area (TPSA) is 76.2 Å². The number of hydrogen-bond donors (Lipinski definition) is 0. The van der Waals surface area contributed by atoms with Crippen LogP contribution in [-0.2, 0) is 14.8 Å². The van der Waals surface area contributed by atoms with Crippen molar-refractivity contribution in [3.8, 4) is 11.5 Å². The van der Waals surface area contributed by atoms with Crippen LogP contribution in [0, 0.1) is 5.92 Å². The lowest BCUT2D eigenvalue weighted by atomic mass is 9.99. The number of anilines is 1. The van der Waals surface area contributed by atoms with Gasteiger partial charge in [0.25, 0.3) is 0 Å². The molecule has 27 heavy (non-hydrogen) atoms. The van der Waals surface area contributed by atoms with E-state index in [-0.39, 0.29) is 12.5 Å². The Hall–Kier alpha value is -1.96. The van der Waals surface area contributed by atoms with Crippen LogP contribution in [0.2, 0.25) is 0 Å². The molecule has 1 aromatic carbocycles. The Morgan fingerprint density at radius 3 is 2.52 bits per heavy atom. The molecule has 0 atom stereocenters. The van der Waals surface area contributed by atoms with Crippen molar-refractivity contribution in [2.24, 2.45) is 5.92 Å². The zero-order valence-electron chi connectivity index (χ0n) is 16.0. The minimum Gasteiger partial charge on any atom is -0.486 e. The molecule has 7 nitrogen and oxygen atoms in total. The number of sulfonamides is 1. The lowest BCUT2D eigenvalue weighted by molar-refractivity contribution is -0.132. The maximum atomic E-state index is 12.4. The minimum atomic E-state index is -3.46. The fourth-order valence-corrected chi connectivity index (χ4v) is 4.42. The lowest BCUT2D eigenvalue weighted by Crippen LogP contribution is -2.38. The maximum absolute atomic E-state index is 12.4. The largest absolute Gasteiger partial charge is 0.486 e. The molecule has 2 heterocycles. The van der Waals surface area contributed by atoms with Crippen molar-refractivity contribution in [1.29, 1.82) is 0 Å². The zero-order valence-corrected chi connectivity index (χ0v) is 16.8. The molecule has 1 fully saturated rings. The molecule has 0 radical (unpaired) electrons. The molecular weight excluding hydrogens is 368 g/mol. The van der Waals surface area contributed by atoms with Crippen molar-refractivity contribution in [1.82, 2.24) is 4.90 Å². The number of carbonyl (C=O) groups is 1. The van der Waals surface area contributed by atoms with E-state index in [2.05, 4.69) is 6.92 Å². The van der Waals surface area contributed by atoms with Crippen LogP contribution in [-0.4, -0.2) is 58.3 Å². The zero-order chi connectivity index (χ0) is 19.4. The molecule has 0 bridgehead atoms. The number of piperidine rings is 1. The summed E-state index contributed by atoms with van der Waals surface area (Å²) in [6, 6.07) is 5.12. The Kier molecular flexibility index (Phi) is 6.14. The van der Waals surface area contributed by atoms with E-state index in [4.69, 9.17) is 9.47 Å². The van der Waals surface area contributed by atoms with Crippen LogP contribution < -0.4 is 13.8 Å². The SMILES string of the molecule is CC1CCN(C(=O)CCCN(c2ccc3c(c2)OCCO3)S(C)(=O)=O)CC1. The van der Waals surface area contributed by atoms with Gasteiger partial charge in [0.15, 0.2) is 11.5 Å². The number of carbonyl (C=O) groups excluding carboxylic acids is 1. The first-order chi connectivity index (χ1) is 12.8. The van der Waals surface area contributed by atoms with Gasteiger partial charge in [-0.2, -0.15) is 0 Å². The summed E-state index contributed by atoms with van der Waals surface area (Å²) < 4.78 is 36.9. The van der Waals surface area contributed by atoms with Crippen molar-refractivity contribution in [2.75, 3.05) is 43.4 Å². The van der Waals surface area contributed by atoms with Crippen LogP contribution in [0.1, 0.15) is 32.6 Å². The molecule has 1 amide bonds. The smallest absolute Gasteiger partial charge is 0.232 e. The summed E-state index contributed by atoms with van der Waals surface area (Å²) >= 11 is 0. The van der Waals surface area contributed by atoms with Gasteiger partial charge in [0, 0.05) is 32.1 Å². The number of nitrogens with zero attached hydrogens (tertiary/aromatic N) is 2. The summed E-state index contributed by atoms with van der Waals surface area (Å²) in [6.07, 6.45) is 4.09. The number of benzene rings is 1. The van der Waals surface area contributed by atoms with Gasteiger partial charge in [-0.05, 0) is 37.3 Å².